The second-order valence-electron chi connectivity index (χ2n) is 6.13. The molecule has 5 heteroatoms. The van der Waals surface area contributed by atoms with Gasteiger partial charge in [-0.3, -0.25) is 0 Å². The van der Waals surface area contributed by atoms with E-state index in [0.717, 1.165) is 38.6 Å². The lowest BCUT2D eigenvalue weighted by atomic mass is 10.2. The number of thiophene rings is 1. The molecule has 24 heavy (non-hydrogen) atoms. The van der Waals surface area contributed by atoms with Gasteiger partial charge in [-0.2, -0.15) is 0 Å². The molecule has 0 radical (unpaired) electrons. The third-order valence-electron chi connectivity index (χ3n) is 4.19. The first-order valence-corrected chi connectivity index (χ1v) is 10.3. The zero-order valence-corrected chi connectivity index (χ0v) is 17.0. The van der Waals surface area contributed by atoms with E-state index < -0.39 is 0 Å². The lowest BCUT2D eigenvalue weighted by Gasteiger charge is -2.21. The van der Waals surface area contributed by atoms with Gasteiger partial charge in [0.2, 0.25) is 0 Å². The Kier molecular flexibility index (Phi) is 10.8. The zero-order valence-electron chi connectivity index (χ0n) is 16.2. The van der Waals surface area contributed by atoms with Crippen LogP contribution in [0.3, 0.4) is 0 Å². The van der Waals surface area contributed by atoms with Crippen molar-refractivity contribution in [3.05, 3.63) is 21.9 Å². The molecule has 2 N–H and O–H groups in total. The fraction of sp³-hybridized carbons (Fsp3) is 0.737. The number of rotatable bonds is 11. The second-order valence-corrected chi connectivity index (χ2v) is 7.38. The average molecular weight is 353 g/mol. The van der Waals surface area contributed by atoms with Crippen LogP contribution in [0, 0.1) is 0 Å². The van der Waals surface area contributed by atoms with Crippen molar-refractivity contribution in [2.24, 2.45) is 4.99 Å². The minimum absolute atomic E-state index is 0.438. The predicted octanol–water partition coefficient (Wildman–Crippen LogP) is 3.88. The molecule has 0 fully saturated rings. The molecule has 0 aliphatic carbocycles. The molecule has 1 atom stereocenters. The first-order chi connectivity index (χ1) is 11.6. The van der Waals surface area contributed by atoms with E-state index in [1.165, 1.54) is 29.1 Å². The molecule has 4 nitrogen and oxygen atoms in total. The van der Waals surface area contributed by atoms with Crippen molar-refractivity contribution in [3.63, 3.8) is 0 Å². The van der Waals surface area contributed by atoms with Crippen molar-refractivity contribution in [2.75, 3.05) is 26.2 Å². The van der Waals surface area contributed by atoms with E-state index in [0.29, 0.717) is 6.04 Å². The fourth-order valence-electron chi connectivity index (χ4n) is 2.64. The summed E-state index contributed by atoms with van der Waals surface area (Å²) in [5, 5.41) is 6.90. The lowest BCUT2D eigenvalue weighted by molar-refractivity contribution is 0.292. The van der Waals surface area contributed by atoms with E-state index in [9.17, 15) is 0 Å². The molecular weight excluding hydrogens is 316 g/mol. The molecule has 1 unspecified atom stereocenters. The van der Waals surface area contributed by atoms with Crippen molar-refractivity contribution in [3.8, 4) is 0 Å². The number of hydrogen-bond donors (Lipinski definition) is 2. The van der Waals surface area contributed by atoms with Crippen LogP contribution in [0.15, 0.2) is 17.1 Å². The lowest BCUT2D eigenvalue weighted by Crippen LogP contribution is -2.42. The van der Waals surface area contributed by atoms with Crippen LogP contribution in [-0.2, 0) is 13.0 Å². The molecule has 138 valence electrons. The van der Waals surface area contributed by atoms with Gasteiger partial charge in [-0.1, -0.05) is 20.8 Å². The molecule has 0 aliphatic heterocycles. The number of hydrogen-bond acceptors (Lipinski definition) is 3. The third-order valence-corrected chi connectivity index (χ3v) is 5.41. The summed E-state index contributed by atoms with van der Waals surface area (Å²) < 4.78 is 0. The van der Waals surface area contributed by atoms with Gasteiger partial charge in [0.1, 0.15) is 0 Å². The van der Waals surface area contributed by atoms with Gasteiger partial charge in [-0.05, 0) is 64.9 Å². The third kappa shape index (κ3) is 8.15. The molecule has 0 bridgehead atoms. The minimum Gasteiger partial charge on any atom is -0.357 e. The molecule has 1 aromatic heterocycles. The molecule has 0 aliphatic rings. The first-order valence-electron chi connectivity index (χ1n) is 9.47. The van der Waals surface area contributed by atoms with Gasteiger partial charge in [0, 0.05) is 22.3 Å². The Hall–Kier alpha value is -1.07. The Balaban J connectivity index is 2.44. The minimum atomic E-state index is 0.438. The number of nitrogens with one attached hydrogen (secondary N) is 2. The highest BCUT2D eigenvalue weighted by atomic mass is 32.1. The number of nitrogens with zero attached hydrogens (tertiary/aromatic N) is 2. The molecule has 0 amide bonds. The van der Waals surface area contributed by atoms with Crippen molar-refractivity contribution in [1.82, 2.24) is 15.5 Å². The van der Waals surface area contributed by atoms with E-state index in [4.69, 9.17) is 4.99 Å². The maximum atomic E-state index is 4.74. The van der Waals surface area contributed by atoms with E-state index in [-0.39, 0.29) is 0 Å². The first kappa shape index (κ1) is 21.0. The summed E-state index contributed by atoms with van der Waals surface area (Å²) in [6, 6.07) is 4.85. The van der Waals surface area contributed by atoms with Crippen molar-refractivity contribution in [2.45, 2.75) is 66.5 Å². The maximum Gasteiger partial charge on any atom is 0.191 e. The maximum absolute atomic E-state index is 4.74. The quantitative estimate of drug-likeness (QED) is 0.469. The van der Waals surface area contributed by atoms with Gasteiger partial charge in [-0.25, -0.2) is 4.99 Å². The highest BCUT2D eigenvalue weighted by Crippen LogP contribution is 2.17. The van der Waals surface area contributed by atoms with Crippen molar-refractivity contribution >= 4 is 17.3 Å². The smallest absolute Gasteiger partial charge is 0.191 e. The van der Waals surface area contributed by atoms with Crippen LogP contribution < -0.4 is 10.6 Å². The number of guanidine groups is 1. The molecule has 0 spiro atoms. The van der Waals surface area contributed by atoms with Crippen LogP contribution in [-0.4, -0.2) is 43.1 Å². The van der Waals surface area contributed by atoms with E-state index in [1.54, 1.807) is 0 Å². The summed E-state index contributed by atoms with van der Waals surface area (Å²) in [5.74, 6) is 0.930. The zero-order chi connectivity index (χ0) is 17.8. The van der Waals surface area contributed by atoms with Gasteiger partial charge in [-0.15, -0.1) is 11.3 Å². The molecule has 1 aromatic rings. The Bertz CT molecular complexity index is 466. The normalized spacial score (nSPS) is 13.3. The monoisotopic (exact) mass is 352 g/mol. The highest BCUT2D eigenvalue weighted by Gasteiger charge is 2.07. The van der Waals surface area contributed by atoms with Crippen LogP contribution in [0.2, 0.25) is 0 Å². The average Bonchev–Trinajstić information content (AvgIpc) is 3.05. The largest absolute Gasteiger partial charge is 0.357 e. The summed E-state index contributed by atoms with van der Waals surface area (Å²) in [7, 11) is 0. The van der Waals surface area contributed by atoms with Crippen LogP contribution in [0.5, 0.6) is 0 Å². The number of aliphatic imine (C=N–C) groups is 1. The summed E-state index contributed by atoms with van der Waals surface area (Å²) in [6.45, 7) is 16.1. The summed E-state index contributed by atoms with van der Waals surface area (Å²) >= 11 is 1.87. The van der Waals surface area contributed by atoms with Crippen LogP contribution in [0.4, 0.5) is 0 Å². The Morgan fingerprint density at radius 3 is 2.46 bits per heavy atom. The number of aryl methyl sites for hydroxylation is 1. The Morgan fingerprint density at radius 1 is 1.17 bits per heavy atom. The van der Waals surface area contributed by atoms with E-state index in [1.807, 2.05) is 11.3 Å². The standard InChI is InChI=1S/C19H36N4S/c1-6-17-12-13-18(24-17)15-21-19(20-7-2)22-16(5)11-10-14-23(8-3)9-4/h12-13,16H,6-11,14-15H2,1-5H3,(H2,20,21,22). The molecule has 0 saturated heterocycles. The Labute approximate surface area is 152 Å². The highest BCUT2D eigenvalue weighted by molar-refractivity contribution is 7.11. The Morgan fingerprint density at radius 2 is 1.88 bits per heavy atom. The SMILES string of the molecule is CCNC(=NCc1ccc(CC)s1)NC(C)CCCN(CC)CC. The molecule has 0 aromatic carbocycles. The topological polar surface area (TPSA) is 39.7 Å². The molecular formula is C19H36N4S. The summed E-state index contributed by atoms with van der Waals surface area (Å²) in [5.41, 5.74) is 0. The van der Waals surface area contributed by atoms with Crippen LogP contribution in [0.25, 0.3) is 0 Å². The molecule has 0 saturated carbocycles. The predicted molar refractivity (Wildman–Crippen MR) is 108 cm³/mol. The van der Waals surface area contributed by atoms with Crippen molar-refractivity contribution in [1.29, 1.82) is 0 Å². The van der Waals surface area contributed by atoms with E-state index >= 15 is 0 Å². The van der Waals surface area contributed by atoms with Gasteiger partial charge < -0.3 is 15.5 Å². The van der Waals surface area contributed by atoms with Gasteiger partial charge in [0.05, 0.1) is 6.54 Å². The molecule has 1 heterocycles. The molecule has 1 rings (SSSR count). The van der Waals surface area contributed by atoms with E-state index in [2.05, 4.69) is 62.3 Å². The summed E-state index contributed by atoms with van der Waals surface area (Å²) in [6.07, 6.45) is 3.50. The van der Waals surface area contributed by atoms with Crippen LogP contribution >= 0.6 is 11.3 Å². The van der Waals surface area contributed by atoms with Gasteiger partial charge >= 0.3 is 0 Å². The van der Waals surface area contributed by atoms with Crippen molar-refractivity contribution < 1.29 is 0 Å². The van der Waals surface area contributed by atoms with Gasteiger partial charge in [0.15, 0.2) is 5.96 Å². The fourth-order valence-corrected chi connectivity index (χ4v) is 3.52. The van der Waals surface area contributed by atoms with Crippen LogP contribution in [0.1, 0.15) is 57.2 Å². The van der Waals surface area contributed by atoms with Gasteiger partial charge in [0.25, 0.3) is 0 Å². The summed E-state index contributed by atoms with van der Waals surface area (Å²) in [4.78, 5) is 9.99. The second kappa shape index (κ2) is 12.3.